The molecule has 0 spiro atoms. The number of aryl methyl sites for hydroxylation is 1. The lowest BCUT2D eigenvalue weighted by Gasteiger charge is -2.10. The molecule has 0 aliphatic carbocycles. The van der Waals surface area contributed by atoms with Crippen LogP contribution in [0.4, 0.5) is 11.4 Å². The van der Waals surface area contributed by atoms with Crippen molar-refractivity contribution in [2.75, 3.05) is 15.8 Å². The predicted octanol–water partition coefficient (Wildman–Crippen LogP) is 4.88. The van der Waals surface area contributed by atoms with E-state index in [0.717, 1.165) is 10.5 Å². The molecule has 0 heterocycles. The van der Waals surface area contributed by atoms with Crippen LogP contribution in [0.1, 0.15) is 15.9 Å². The number of hydrogen-bond acceptors (Lipinski definition) is 5. The van der Waals surface area contributed by atoms with E-state index in [1.54, 1.807) is 48.5 Å². The van der Waals surface area contributed by atoms with Crippen LogP contribution in [-0.4, -0.2) is 31.2 Å². The van der Waals surface area contributed by atoms with Crippen LogP contribution >= 0.6 is 23.4 Å². The topological polar surface area (TPSA) is 113 Å². The Bertz CT molecular complexity index is 1240. The normalized spacial score (nSPS) is 11.1. The standard InChI is InChI=1S/C22H19ClN2O5S2/c1-14-2-9-18(10-3-14)32(29,30)25-15-4-7-17(8-5-15)31-13-21(26)24-16-6-11-20(23)19(12-16)22(27)28/h2-12,25H,13H2,1H3,(H,24,26)(H,27,28). The summed E-state index contributed by atoms with van der Waals surface area (Å²) in [5.41, 5.74) is 1.61. The first kappa shape index (κ1) is 23.6. The Morgan fingerprint density at radius 3 is 2.22 bits per heavy atom. The molecule has 166 valence electrons. The van der Waals surface area contributed by atoms with Crippen LogP contribution in [0.2, 0.25) is 5.02 Å². The molecule has 3 aromatic carbocycles. The Morgan fingerprint density at radius 1 is 0.969 bits per heavy atom. The summed E-state index contributed by atoms with van der Waals surface area (Å²) in [6, 6.07) is 17.4. The fourth-order valence-corrected chi connectivity index (χ4v) is 4.62. The summed E-state index contributed by atoms with van der Waals surface area (Å²) in [5.74, 6) is -1.42. The van der Waals surface area contributed by atoms with Gasteiger partial charge in [-0.15, -0.1) is 11.8 Å². The zero-order chi connectivity index (χ0) is 23.3. The van der Waals surface area contributed by atoms with Crippen molar-refractivity contribution >= 4 is 56.6 Å². The van der Waals surface area contributed by atoms with Crippen LogP contribution in [0.5, 0.6) is 0 Å². The van der Waals surface area contributed by atoms with Crippen molar-refractivity contribution < 1.29 is 23.1 Å². The van der Waals surface area contributed by atoms with Crippen LogP contribution in [0.15, 0.2) is 76.5 Å². The second-order valence-corrected chi connectivity index (χ2v) is 9.92. The molecule has 3 N–H and O–H groups in total. The number of amides is 1. The Kier molecular flexibility index (Phi) is 7.44. The zero-order valence-electron chi connectivity index (χ0n) is 16.8. The van der Waals surface area contributed by atoms with Gasteiger partial charge in [0.1, 0.15) is 0 Å². The first-order valence-corrected chi connectivity index (χ1v) is 12.1. The molecular weight excluding hydrogens is 472 g/mol. The van der Waals surface area contributed by atoms with Crippen molar-refractivity contribution in [3.05, 3.63) is 82.9 Å². The van der Waals surface area contributed by atoms with E-state index >= 15 is 0 Å². The number of carboxylic acids is 1. The third kappa shape index (κ3) is 6.25. The number of thioether (sulfide) groups is 1. The maximum Gasteiger partial charge on any atom is 0.337 e. The van der Waals surface area contributed by atoms with Gasteiger partial charge in [-0.3, -0.25) is 9.52 Å². The van der Waals surface area contributed by atoms with Gasteiger partial charge in [-0.25, -0.2) is 13.2 Å². The highest BCUT2D eigenvalue weighted by Gasteiger charge is 2.14. The van der Waals surface area contributed by atoms with E-state index in [0.29, 0.717) is 11.4 Å². The SMILES string of the molecule is Cc1ccc(S(=O)(=O)Nc2ccc(SCC(=O)Nc3ccc(Cl)c(C(=O)O)c3)cc2)cc1. The zero-order valence-corrected chi connectivity index (χ0v) is 19.2. The van der Waals surface area contributed by atoms with Crippen molar-refractivity contribution in [3.8, 4) is 0 Å². The molecule has 3 aromatic rings. The summed E-state index contributed by atoms with van der Waals surface area (Å²) >= 11 is 7.08. The third-order valence-electron chi connectivity index (χ3n) is 4.29. The van der Waals surface area contributed by atoms with Crippen LogP contribution in [-0.2, 0) is 14.8 Å². The minimum absolute atomic E-state index is 0.0828. The van der Waals surface area contributed by atoms with Crippen molar-refractivity contribution in [3.63, 3.8) is 0 Å². The molecule has 0 saturated heterocycles. The third-order valence-corrected chi connectivity index (χ3v) is 7.03. The lowest BCUT2D eigenvalue weighted by atomic mass is 10.2. The molecule has 10 heteroatoms. The quantitative estimate of drug-likeness (QED) is 0.388. The van der Waals surface area contributed by atoms with Gasteiger partial charge in [0.25, 0.3) is 10.0 Å². The number of hydrogen-bond donors (Lipinski definition) is 3. The van der Waals surface area contributed by atoms with Crippen LogP contribution in [0.25, 0.3) is 0 Å². The highest BCUT2D eigenvalue weighted by molar-refractivity contribution is 8.00. The van der Waals surface area contributed by atoms with E-state index in [9.17, 15) is 18.0 Å². The largest absolute Gasteiger partial charge is 0.478 e. The van der Waals surface area contributed by atoms with Gasteiger partial charge in [-0.05, 0) is 61.5 Å². The summed E-state index contributed by atoms with van der Waals surface area (Å²) in [6.45, 7) is 1.88. The van der Waals surface area contributed by atoms with Gasteiger partial charge in [0, 0.05) is 16.3 Å². The van der Waals surface area contributed by atoms with Gasteiger partial charge < -0.3 is 10.4 Å². The molecule has 3 rings (SSSR count). The lowest BCUT2D eigenvalue weighted by molar-refractivity contribution is -0.113. The van der Waals surface area contributed by atoms with Gasteiger partial charge in [0.15, 0.2) is 0 Å². The average molecular weight is 491 g/mol. The van der Waals surface area contributed by atoms with Crippen molar-refractivity contribution in [2.45, 2.75) is 16.7 Å². The fraction of sp³-hybridized carbons (Fsp3) is 0.0909. The Labute approximate surface area is 194 Å². The summed E-state index contributed by atoms with van der Waals surface area (Å²) in [6.07, 6.45) is 0. The molecule has 32 heavy (non-hydrogen) atoms. The lowest BCUT2D eigenvalue weighted by Crippen LogP contribution is -2.14. The van der Waals surface area contributed by atoms with E-state index in [1.807, 2.05) is 6.92 Å². The van der Waals surface area contributed by atoms with Crippen LogP contribution < -0.4 is 10.0 Å². The predicted molar refractivity (Wildman–Crippen MR) is 126 cm³/mol. The molecule has 1 amide bonds. The highest BCUT2D eigenvalue weighted by Crippen LogP contribution is 2.24. The average Bonchev–Trinajstić information content (AvgIpc) is 2.74. The van der Waals surface area contributed by atoms with E-state index in [2.05, 4.69) is 10.0 Å². The van der Waals surface area contributed by atoms with Crippen LogP contribution in [0, 0.1) is 6.92 Å². The first-order chi connectivity index (χ1) is 15.1. The molecule has 7 nitrogen and oxygen atoms in total. The maximum atomic E-state index is 12.5. The van der Waals surface area contributed by atoms with E-state index in [-0.39, 0.29) is 27.1 Å². The first-order valence-electron chi connectivity index (χ1n) is 9.29. The number of carbonyl (C=O) groups excluding carboxylic acids is 1. The number of anilines is 2. The molecule has 0 radical (unpaired) electrons. The molecular formula is C22H19ClN2O5S2. The Morgan fingerprint density at radius 2 is 1.59 bits per heavy atom. The van der Waals surface area contributed by atoms with Gasteiger partial charge in [0.05, 0.1) is 21.2 Å². The molecule has 0 atom stereocenters. The van der Waals surface area contributed by atoms with Crippen molar-refractivity contribution in [1.29, 1.82) is 0 Å². The number of halogens is 1. The van der Waals surface area contributed by atoms with Gasteiger partial charge in [0.2, 0.25) is 5.91 Å². The molecule has 0 fully saturated rings. The molecule has 0 aliphatic rings. The number of rotatable bonds is 8. The molecule has 0 unspecified atom stereocenters. The molecule has 0 aromatic heterocycles. The second-order valence-electron chi connectivity index (χ2n) is 6.78. The summed E-state index contributed by atoms with van der Waals surface area (Å²) in [7, 11) is -3.69. The summed E-state index contributed by atoms with van der Waals surface area (Å²) in [4.78, 5) is 24.3. The second kappa shape index (κ2) is 10.1. The fourth-order valence-electron chi connectivity index (χ4n) is 2.66. The van der Waals surface area contributed by atoms with Crippen LogP contribution in [0.3, 0.4) is 0 Å². The monoisotopic (exact) mass is 490 g/mol. The van der Waals surface area contributed by atoms with Gasteiger partial charge in [-0.1, -0.05) is 29.3 Å². The minimum Gasteiger partial charge on any atom is -0.478 e. The van der Waals surface area contributed by atoms with Gasteiger partial charge in [-0.2, -0.15) is 0 Å². The van der Waals surface area contributed by atoms with Crippen molar-refractivity contribution in [2.24, 2.45) is 0 Å². The number of carbonyl (C=O) groups is 2. The summed E-state index contributed by atoms with van der Waals surface area (Å²) in [5, 5.41) is 11.8. The Balaban J connectivity index is 1.57. The van der Waals surface area contributed by atoms with E-state index in [4.69, 9.17) is 16.7 Å². The smallest absolute Gasteiger partial charge is 0.337 e. The van der Waals surface area contributed by atoms with E-state index in [1.165, 1.54) is 30.0 Å². The van der Waals surface area contributed by atoms with E-state index < -0.39 is 16.0 Å². The molecule has 0 saturated carbocycles. The Hall–Kier alpha value is -3.01. The number of nitrogens with one attached hydrogen (secondary N) is 2. The summed E-state index contributed by atoms with van der Waals surface area (Å²) < 4.78 is 27.4. The minimum atomic E-state index is -3.69. The number of aromatic carboxylic acids is 1. The number of benzene rings is 3. The molecule has 0 bridgehead atoms. The molecule has 0 aliphatic heterocycles. The number of carboxylic acid groups (broad SMARTS) is 1. The number of sulfonamides is 1. The highest BCUT2D eigenvalue weighted by atomic mass is 35.5. The maximum absolute atomic E-state index is 12.5. The van der Waals surface area contributed by atoms with Gasteiger partial charge >= 0.3 is 5.97 Å². The van der Waals surface area contributed by atoms with Crippen molar-refractivity contribution in [1.82, 2.24) is 0 Å².